The van der Waals surface area contributed by atoms with Crippen LogP contribution in [0.4, 0.5) is 22.0 Å². The van der Waals surface area contributed by atoms with Crippen LogP contribution in [0.15, 0.2) is 60.7 Å². The van der Waals surface area contributed by atoms with E-state index < -0.39 is 42.0 Å². The summed E-state index contributed by atoms with van der Waals surface area (Å²) in [5, 5.41) is 3.48. The summed E-state index contributed by atoms with van der Waals surface area (Å²) in [6.07, 6.45) is 2.54. The lowest BCUT2D eigenvalue weighted by Crippen LogP contribution is -2.47. The van der Waals surface area contributed by atoms with Gasteiger partial charge in [0, 0.05) is 30.3 Å². The third kappa shape index (κ3) is 7.46. The van der Waals surface area contributed by atoms with Crippen molar-refractivity contribution in [3.63, 3.8) is 0 Å². The standard InChI is InChI=1S/C36H41F5N2O2/c1-24-17-26-18-28(44-21-25-7-3-2-4-8-25)11-12-30(26)34(43(24)23-36(39,40)41)33-31(37)19-29(20-32(33)38)45-27-9-5-13-35(14-6-10-27)15-16-42-22-35/h2-4,7-8,11-12,18-20,24,27,34,42H,5-6,9-10,13-17,21-23H2,1H3/t24-,27?,34?,35?/m1/s1. The average Bonchev–Trinajstić information content (AvgIpc) is 3.45. The number of alkyl halides is 3. The summed E-state index contributed by atoms with van der Waals surface area (Å²) in [4.78, 5) is 1.15. The molecule has 4 nitrogen and oxygen atoms in total. The van der Waals surface area contributed by atoms with Crippen LogP contribution in [0, 0.1) is 17.0 Å². The normalized spacial score (nSPS) is 25.9. The molecule has 3 aromatic rings. The van der Waals surface area contributed by atoms with E-state index in [9.17, 15) is 13.2 Å². The van der Waals surface area contributed by atoms with Crippen LogP contribution in [0.25, 0.3) is 0 Å². The number of rotatable bonds is 7. The fourth-order valence-corrected chi connectivity index (χ4v) is 7.60. The van der Waals surface area contributed by atoms with Gasteiger partial charge in [0.25, 0.3) is 0 Å². The molecule has 1 spiro atoms. The highest BCUT2D eigenvalue weighted by atomic mass is 19.4. The lowest BCUT2D eigenvalue weighted by atomic mass is 9.75. The minimum Gasteiger partial charge on any atom is -0.490 e. The maximum absolute atomic E-state index is 16.0. The molecule has 9 heteroatoms. The number of nitrogens with zero attached hydrogens (tertiary/aromatic N) is 1. The third-order valence-corrected chi connectivity index (χ3v) is 9.86. The van der Waals surface area contributed by atoms with Crippen molar-refractivity contribution in [3.8, 4) is 11.5 Å². The summed E-state index contributed by atoms with van der Waals surface area (Å²) in [7, 11) is 0. The molecule has 1 aliphatic carbocycles. The molecule has 2 fully saturated rings. The molecular formula is C36H41F5N2O2. The van der Waals surface area contributed by atoms with Crippen molar-refractivity contribution in [2.24, 2.45) is 5.41 Å². The molecule has 1 unspecified atom stereocenters. The summed E-state index contributed by atoms with van der Waals surface area (Å²) in [6.45, 7) is 2.79. The van der Waals surface area contributed by atoms with Crippen LogP contribution >= 0.6 is 0 Å². The van der Waals surface area contributed by atoms with Gasteiger partial charge in [0.15, 0.2) is 0 Å². The number of hydrogen-bond acceptors (Lipinski definition) is 4. The third-order valence-electron chi connectivity index (χ3n) is 9.86. The first-order valence-electron chi connectivity index (χ1n) is 16.1. The lowest BCUT2D eigenvalue weighted by molar-refractivity contribution is -0.155. The molecule has 242 valence electrons. The molecule has 0 bridgehead atoms. The smallest absolute Gasteiger partial charge is 0.401 e. The number of fused-ring (bicyclic) bond motifs is 1. The van der Waals surface area contributed by atoms with Gasteiger partial charge in [-0.2, -0.15) is 13.2 Å². The van der Waals surface area contributed by atoms with Gasteiger partial charge in [-0.05, 0) is 99.1 Å². The van der Waals surface area contributed by atoms with Crippen LogP contribution in [0.5, 0.6) is 11.5 Å². The largest absolute Gasteiger partial charge is 0.490 e. The highest BCUT2D eigenvalue weighted by Gasteiger charge is 2.43. The first kappa shape index (κ1) is 31.8. The van der Waals surface area contributed by atoms with Crippen LogP contribution in [0.1, 0.15) is 80.2 Å². The zero-order valence-electron chi connectivity index (χ0n) is 25.6. The van der Waals surface area contributed by atoms with Gasteiger partial charge < -0.3 is 14.8 Å². The van der Waals surface area contributed by atoms with Gasteiger partial charge in [0.1, 0.15) is 29.7 Å². The number of halogens is 5. The molecule has 2 heterocycles. The Morgan fingerprint density at radius 1 is 0.911 bits per heavy atom. The van der Waals surface area contributed by atoms with Crippen molar-refractivity contribution >= 4 is 0 Å². The Labute approximate surface area is 261 Å². The van der Waals surface area contributed by atoms with Crippen LogP contribution in [-0.4, -0.2) is 42.9 Å². The highest BCUT2D eigenvalue weighted by molar-refractivity contribution is 5.46. The van der Waals surface area contributed by atoms with E-state index in [2.05, 4.69) is 5.32 Å². The Bertz CT molecular complexity index is 1420. The van der Waals surface area contributed by atoms with E-state index >= 15 is 8.78 Å². The fourth-order valence-electron chi connectivity index (χ4n) is 7.60. The molecule has 1 saturated carbocycles. The molecule has 2 aliphatic heterocycles. The fraction of sp³-hybridized carbons (Fsp3) is 0.500. The van der Waals surface area contributed by atoms with E-state index in [-0.39, 0.29) is 18.3 Å². The second-order valence-electron chi connectivity index (χ2n) is 13.1. The summed E-state index contributed by atoms with van der Waals surface area (Å²) >= 11 is 0. The van der Waals surface area contributed by atoms with Gasteiger partial charge in [-0.1, -0.05) is 36.4 Å². The predicted molar refractivity (Wildman–Crippen MR) is 163 cm³/mol. The van der Waals surface area contributed by atoms with Gasteiger partial charge in [-0.25, -0.2) is 8.78 Å². The summed E-state index contributed by atoms with van der Waals surface area (Å²) in [6, 6.07) is 15.1. The molecule has 3 aliphatic rings. The Kier molecular flexibility index (Phi) is 9.39. The molecule has 2 atom stereocenters. The van der Waals surface area contributed by atoms with Crippen molar-refractivity contribution in [3.05, 3.63) is 94.6 Å². The van der Waals surface area contributed by atoms with Gasteiger partial charge in [-0.3, -0.25) is 4.90 Å². The Balaban J connectivity index is 1.25. The van der Waals surface area contributed by atoms with E-state index in [1.807, 2.05) is 30.3 Å². The maximum Gasteiger partial charge on any atom is 0.401 e. The van der Waals surface area contributed by atoms with Gasteiger partial charge in [0.2, 0.25) is 0 Å². The van der Waals surface area contributed by atoms with E-state index in [0.717, 1.165) is 74.2 Å². The molecule has 0 radical (unpaired) electrons. The monoisotopic (exact) mass is 628 g/mol. The van der Waals surface area contributed by atoms with Crippen LogP contribution < -0.4 is 14.8 Å². The van der Waals surface area contributed by atoms with E-state index in [0.29, 0.717) is 28.9 Å². The average molecular weight is 629 g/mol. The van der Waals surface area contributed by atoms with E-state index in [4.69, 9.17) is 9.47 Å². The molecule has 3 aromatic carbocycles. The zero-order chi connectivity index (χ0) is 31.6. The molecule has 6 rings (SSSR count). The summed E-state index contributed by atoms with van der Waals surface area (Å²) in [5.41, 5.74) is 2.07. The molecule has 1 N–H and O–H groups in total. The molecule has 45 heavy (non-hydrogen) atoms. The second-order valence-corrected chi connectivity index (χ2v) is 13.1. The number of benzene rings is 3. The summed E-state index contributed by atoms with van der Waals surface area (Å²) < 4.78 is 85.4. The first-order valence-corrected chi connectivity index (χ1v) is 16.1. The van der Waals surface area contributed by atoms with Crippen LogP contribution in [-0.2, 0) is 13.0 Å². The van der Waals surface area contributed by atoms with Crippen molar-refractivity contribution < 1.29 is 31.4 Å². The Morgan fingerprint density at radius 3 is 2.27 bits per heavy atom. The highest BCUT2D eigenvalue weighted by Crippen LogP contribution is 2.44. The maximum atomic E-state index is 16.0. The first-order chi connectivity index (χ1) is 21.6. The minimum atomic E-state index is -4.55. The van der Waals surface area contributed by atoms with E-state index in [1.165, 1.54) is 6.42 Å². The SMILES string of the molecule is C[C@@H]1Cc2cc(OCc3ccccc3)ccc2C(c2c(F)cc(OC3CCCC4(CCC3)CCNC4)cc2F)N1CC(F)(F)F. The number of ether oxygens (including phenoxy) is 2. The van der Waals surface area contributed by atoms with Gasteiger partial charge in [-0.15, -0.1) is 0 Å². The topological polar surface area (TPSA) is 33.7 Å². The Morgan fingerprint density at radius 2 is 1.62 bits per heavy atom. The molecule has 0 aromatic heterocycles. The van der Waals surface area contributed by atoms with Crippen LogP contribution in [0.3, 0.4) is 0 Å². The quantitative estimate of drug-likeness (QED) is 0.266. The van der Waals surface area contributed by atoms with E-state index in [1.54, 1.807) is 25.1 Å². The second kappa shape index (κ2) is 13.3. The molecular weight excluding hydrogens is 587 g/mol. The van der Waals surface area contributed by atoms with Crippen molar-refractivity contribution in [1.29, 1.82) is 0 Å². The zero-order valence-corrected chi connectivity index (χ0v) is 25.6. The predicted octanol–water partition coefficient (Wildman–Crippen LogP) is 8.52. The molecule has 1 saturated heterocycles. The van der Waals surface area contributed by atoms with Crippen LogP contribution in [0.2, 0.25) is 0 Å². The number of nitrogens with one attached hydrogen (secondary N) is 1. The molecule has 0 amide bonds. The van der Waals surface area contributed by atoms with Gasteiger partial charge >= 0.3 is 6.18 Å². The summed E-state index contributed by atoms with van der Waals surface area (Å²) in [5.74, 6) is -1.19. The van der Waals surface area contributed by atoms with Gasteiger partial charge in [0.05, 0.1) is 18.7 Å². The van der Waals surface area contributed by atoms with Crippen molar-refractivity contribution in [1.82, 2.24) is 10.2 Å². The number of hydrogen-bond donors (Lipinski definition) is 1. The minimum absolute atomic E-state index is 0.0766. The lowest BCUT2D eigenvalue weighted by Gasteiger charge is -2.42. The van der Waals surface area contributed by atoms with Crippen molar-refractivity contribution in [2.75, 3.05) is 19.6 Å². The van der Waals surface area contributed by atoms with Crippen molar-refractivity contribution in [2.45, 2.75) is 89.3 Å². The Hall–Kier alpha value is -3.17.